The molecule has 4 rings (SSSR count). The van der Waals surface area contributed by atoms with E-state index in [4.69, 9.17) is 9.47 Å². The third kappa shape index (κ3) is 3.12. The first-order valence-corrected chi connectivity index (χ1v) is 9.52. The van der Waals surface area contributed by atoms with E-state index in [0.29, 0.717) is 24.2 Å². The number of amides is 3. The number of imide groups is 1. The fourth-order valence-corrected chi connectivity index (χ4v) is 4.12. The molecule has 7 nitrogen and oxygen atoms in total. The van der Waals surface area contributed by atoms with Gasteiger partial charge in [-0.05, 0) is 25.0 Å². The predicted molar refractivity (Wildman–Crippen MR) is 104 cm³/mol. The van der Waals surface area contributed by atoms with Gasteiger partial charge in [0.25, 0.3) is 5.91 Å². The highest BCUT2D eigenvalue weighted by Gasteiger charge is 2.58. The summed E-state index contributed by atoms with van der Waals surface area (Å²) in [7, 11) is 1.56. The molecule has 29 heavy (non-hydrogen) atoms. The molecule has 1 N–H and O–H groups in total. The van der Waals surface area contributed by atoms with Crippen molar-refractivity contribution in [1.82, 2.24) is 10.2 Å². The second-order valence-electron chi connectivity index (χ2n) is 7.27. The molecule has 1 fully saturated rings. The summed E-state index contributed by atoms with van der Waals surface area (Å²) < 4.78 is 10.8. The van der Waals surface area contributed by atoms with Crippen LogP contribution in [0.4, 0.5) is 4.79 Å². The number of rotatable bonds is 5. The molecular formula is C22H22N2O5. The van der Waals surface area contributed by atoms with E-state index < -0.39 is 23.5 Å². The smallest absolute Gasteiger partial charge is 0.418 e. The third-order valence-electron chi connectivity index (χ3n) is 5.56. The molecule has 2 atom stereocenters. The number of nitrogens with zero attached hydrogens (tertiary/aromatic N) is 1. The Hall–Kier alpha value is -3.35. The van der Waals surface area contributed by atoms with Crippen LogP contribution in [0.1, 0.15) is 36.1 Å². The van der Waals surface area contributed by atoms with Gasteiger partial charge in [-0.15, -0.1) is 0 Å². The van der Waals surface area contributed by atoms with Crippen molar-refractivity contribution >= 4 is 17.9 Å². The maximum absolute atomic E-state index is 13.1. The molecule has 7 heteroatoms. The molecule has 0 bridgehead atoms. The van der Waals surface area contributed by atoms with Crippen LogP contribution in [0.2, 0.25) is 0 Å². The summed E-state index contributed by atoms with van der Waals surface area (Å²) in [5.41, 5.74) is 1.20. The van der Waals surface area contributed by atoms with E-state index in [1.165, 1.54) is 0 Å². The van der Waals surface area contributed by atoms with Crippen molar-refractivity contribution in [3.63, 3.8) is 0 Å². The van der Waals surface area contributed by atoms with Gasteiger partial charge in [0.1, 0.15) is 12.3 Å². The Morgan fingerprint density at radius 2 is 1.93 bits per heavy atom. The average molecular weight is 394 g/mol. The summed E-state index contributed by atoms with van der Waals surface area (Å²) in [6, 6.07) is 14.4. The number of benzene rings is 2. The van der Waals surface area contributed by atoms with Gasteiger partial charge < -0.3 is 14.8 Å². The Morgan fingerprint density at radius 1 is 1.21 bits per heavy atom. The molecule has 1 saturated heterocycles. The standard InChI is InChI=1S/C22H22N2O5/c1-14(16-8-4-6-10-18(16)28-2)23-19(25)13-24-20(26)22(29-21(24)27)12-11-15-7-3-5-9-17(15)22/h3-10,14H,11-13H2,1-2H3,(H,23,25). The molecule has 2 aromatic rings. The molecular weight excluding hydrogens is 372 g/mol. The summed E-state index contributed by atoms with van der Waals surface area (Å²) in [6.45, 7) is 1.43. The Labute approximate surface area is 168 Å². The normalized spacial score (nSPS) is 21.1. The second kappa shape index (κ2) is 7.24. The summed E-state index contributed by atoms with van der Waals surface area (Å²) in [5, 5.41) is 2.82. The summed E-state index contributed by atoms with van der Waals surface area (Å²) in [5.74, 6) is -0.275. The SMILES string of the molecule is COc1ccccc1C(C)NC(=O)CN1C(=O)OC2(CCc3ccccc32)C1=O. The second-order valence-corrected chi connectivity index (χ2v) is 7.27. The lowest BCUT2D eigenvalue weighted by molar-refractivity contribution is -0.139. The molecule has 1 heterocycles. The topological polar surface area (TPSA) is 84.9 Å². The molecule has 150 valence electrons. The lowest BCUT2D eigenvalue weighted by atomic mass is 9.95. The Bertz CT molecular complexity index is 989. The number of hydrogen-bond donors (Lipinski definition) is 1. The van der Waals surface area contributed by atoms with Crippen LogP contribution in [-0.4, -0.2) is 36.5 Å². The van der Waals surface area contributed by atoms with Crippen molar-refractivity contribution in [1.29, 1.82) is 0 Å². The monoisotopic (exact) mass is 394 g/mol. The van der Waals surface area contributed by atoms with E-state index >= 15 is 0 Å². The number of para-hydroxylation sites is 1. The first-order valence-electron chi connectivity index (χ1n) is 9.52. The van der Waals surface area contributed by atoms with Crippen LogP contribution in [0.25, 0.3) is 0 Å². The van der Waals surface area contributed by atoms with Gasteiger partial charge in [-0.2, -0.15) is 0 Å². The van der Waals surface area contributed by atoms with E-state index in [2.05, 4.69) is 5.32 Å². The molecule has 0 radical (unpaired) electrons. The van der Waals surface area contributed by atoms with Crippen LogP contribution in [0.5, 0.6) is 5.75 Å². The van der Waals surface area contributed by atoms with E-state index in [0.717, 1.165) is 16.0 Å². The van der Waals surface area contributed by atoms with Crippen LogP contribution >= 0.6 is 0 Å². The summed E-state index contributed by atoms with van der Waals surface area (Å²) in [6.07, 6.45) is 0.263. The highest BCUT2D eigenvalue weighted by molar-refractivity contribution is 6.06. The molecule has 3 amide bonds. The van der Waals surface area contributed by atoms with Gasteiger partial charge in [-0.1, -0.05) is 42.5 Å². The third-order valence-corrected chi connectivity index (χ3v) is 5.56. The number of aryl methyl sites for hydroxylation is 1. The number of carbonyl (C=O) groups excluding carboxylic acids is 3. The van der Waals surface area contributed by atoms with Crippen LogP contribution in [0.15, 0.2) is 48.5 Å². The predicted octanol–water partition coefficient (Wildman–Crippen LogP) is 2.69. The molecule has 2 aliphatic rings. The van der Waals surface area contributed by atoms with Crippen molar-refractivity contribution < 1.29 is 23.9 Å². The Kier molecular flexibility index (Phi) is 4.74. The number of hydrogen-bond acceptors (Lipinski definition) is 5. The molecule has 2 unspecified atom stereocenters. The van der Waals surface area contributed by atoms with Gasteiger partial charge in [0.05, 0.1) is 13.2 Å². The highest BCUT2D eigenvalue weighted by atomic mass is 16.6. The van der Waals surface area contributed by atoms with Gasteiger partial charge >= 0.3 is 6.09 Å². The largest absolute Gasteiger partial charge is 0.496 e. The van der Waals surface area contributed by atoms with Crippen molar-refractivity contribution in [2.24, 2.45) is 0 Å². The number of nitrogens with one attached hydrogen (secondary N) is 1. The van der Waals surface area contributed by atoms with Crippen molar-refractivity contribution in [2.75, 3.05) is 13.7 Å². The molecule has 2 aromatic carbocycles. The molecule has 1 aliphatic carbocycles. The van der Waals surface area contributed by atoms with E-state index in [-0.39, 0.29) is 12.6 Å². The van der Waals surface area contributed by atoms with Crippen LogP contribution in [0.3, 0.4) is 0 Å². The summed E-state index contributed by atoms with van der Waals surface area (Å²) in [4.78, 5) is 39.0. The van der Waals surface area contributed by atoms with Gasteiger partial charge in [-0.3, -0.25) is 9.59 Å². The molecule has 0 saturated carbocycles. The number of ether oxygens (including phenoxy) is 2. The maximum Gasteiger partial charge on any atom is 0.418 e. The Morgan fingerprint density at radius 3 is 2.72 bits per heavy atom. The van der Waals surface area contributed by atoms with Crippen molar-refractivity contribution in [2.45, 2.75) is 31.4 Å². The lowest BCUT2D eigenvalue weighted by Gasteiger charge is -2.21. The molecule has 1 aliphatic heterocycles. The fourth-order valence-electron chi connectivity index (χ4n) is 4.12. The first-order chi connectivity index (χ1) is 14.0. The van der Waals surface area contributed by atoms with Gasteiger partial charge in [0, 0.05) is 17.5 Å². The molecule has 0 aromatic heterocycles. The zero-order valence-electron chi connectivity index (χ0n) is 16.3. The lowest BCUT2D eigenvalue weighted by Crippen LogP contribution is -2.43. The Balaban J connectivity index is 1.48. The van der Waals surface area contributed by atoms with Gasteiger partial charge in [0.15, 0.2) is 0 Å². The van der Waals surface area contributed by atoms with E-state index in [9.17, 15) is 14.4 Å². The minimum Gasteiger partial charge on any atom is -0.496 e. The first kappa shape index (κ1) is 19.0. The van der Waals surface area contributed by atoms with Gasteiger partial charge in [0.2, 0.25) is 11.5 Å². The number of carbonyl (C=O) groups is 3. The van der Waals surface area contributed by atoms with Crippen LogP contribution < -0.4 is 10.1 Å². The van der Waals surface area contributed by atoms with Crippen LogP contribution in [-0.2, 0) is 26.3 Å². The fraction of sp³-hybridized carbons (Fsp3) is 0.318. The van der Waals surface area contributed by atoms with E-state index in [1.807, 2.05) is 43.3 Å². The van der Waals surface area contributed by atoms with Crippen molar-refractivity contribution in [3.8, 4) is 5.75 Å². The molecule has 1 spiro atoms. The van der Waals surface area contributed by atoms with E-state index in [1.54, 1.807) is 19.2 Å². The van der Waals surface area contributed by atoms with Gasteiger partial charge in [-0.25, -0.2) is 9.69 Å². The zero-order chi connectivity index (χ0) is 20.6. The van der Waals surface area contributed by atoms with Crippen LogP contribution in [0, 0.1) is 0 Å². The average Bonchev–Trinajstić information content (AvgIpc) is 3.21. The quantitative estimate of drug-likeness (QED) is 0.843. The minimum absolute atomic E-state index is 0.353. The zero-order valence-corrected chi connectivity index (χ0v) is 16.3. The highest BCUT2D eigenvalue weighted by Crippen LogP contribution is 2.45. The van der Waals surface area contributed by atoms with Crippen molar-refractivity contribution in [3.05, 3.63) is 65.2 Å². The minimum atomic E-state index is -1.30. The number of methoxy groups -OCH3 is 1. The summed E-state index contributed by atoms with van der Waals surface area (Å²) >= 11 is 0. The maximum atomic E-state index is 13.1. The number of fused-ring (bicyclic) bond motifs is 2.